The van der Waals surface area contributed by atoms with Crippen molar-refractivity contribution in [2.75, 3.05) is 13.1 Å². The number of rotatable bonds is 2. The highest BCUT2D eigenvalue weighted by molar-refractivity contribution is 5.90. The second kappa shape index (κ2) is 4.23. The van der Waals surface area contributed by atoms with E-state index in [0.717, 1.165) is 17.9 Å². The van der Waals surface area contributed by atoms with Crippen molar-refractivity contribution in [3.8, 4) is 0 Å². The van der Waals surface area contributed by atoms with Gasteiger partial charge in [-0.25, -0.2) is 9.80 Å². The molecule has 1 rings (SSSR count). The van der Waals surface area contributed by atoms with Crippen LogP contribution in [0, 0.1) is 0 Å². The van der Waals surface area contributed by atoms with Gasteiger partial charge in [0.2, 0.25) is 5.91 Å². The Hall–Kier alpha value is -1.10. The molecule has 5 nitrogen and oxygen atoms in total. The molecular weight excluding hydrogens is 172 g/mol. The van der Waals surface area contributed by atoms with E-state index in [1.807, 2.05) is 0 Å². The van der Waals surface area contributed by atoms with Crippen LogP contribution < -0.4 is 0 Å². The minimum Gasteiger partial charge on any atom is -0.464 e. The molecule has 0 radical (unpaired) electrons. The van der Waals surface area contributed by atoms with E-state index in [9.17, 15) is 9.59 Å². The molecule has 5 heteroatoms. The molecule has 0 bridgehead atoms. The van der Waals surface area contributed by atoms with E-state index in [-0.39, 0.29) is 12.3 Å². The summed E-state index contributed by atoms with van der Waals surface area (Å²) in [4.78, 5) is 22.0. The molecule has 13 heavy (non-hydrogen) atoms. The lowest BCUT2D eigenvalue weighted by molar-refractivity contribution is -0.141. The molecule has 1 fully saturated rings. The lowest BCUT2D eigenvalue weighted by atomic mass is 10.4. The van der Waals surface area contributed by atoms with E-state index in [1.165, 1.54) is 0 Å². The summed E-state index contributed by atoms with van der Waals surface area (Å²) in [6.45, 7) is 2.99. The van der Waals surface area contributed by atoms with Gasteiger partial charge in [0, 0.05) is 19.5 Å². The molecule has 1 aliphatic heterocycles. The summed E-state index contributed by atoms with van der Waals surface area (Å²) in [7, 11) is 0. The van der Waals surface area contributed by atoms with Crippen LogP contribution in [0.1, 0.15) is 26.2 Å². The topological polar surface area (TPSA) is 60.9 Å². The van der Waals surface area contributed by atoms with Gasteiger partial charge in [0.25, 0.3) is 0 Å². The third kappa shape index (κ3) is 2.18. The number of carboxylic acid groups (broad SMARTS) is 1. The summed E-state index contributed by atoms with van der Waals surface area (Å²) < 4.78 is 0. The summed E-state index contributed by atoms with van der Waals surface area (Å²) in [5, 5.41) is 11.2. The van der Waals surface area contributed by atoms with Crippen molar-refractivity contribution in [2.45, 2.75) is 26.2 Å². The molecule has 1 heterocycles. The van der Waals surface area contributed by atoms with Crippen molar-refractivity contribution in [3.05, 3.63) is 0 Å². The zero-order valence-electron chi connectivity index (χ0n) is 7.69. The molecule has 0 atom stereocenters. The van der Waals surface area contributed by atoms with Crippen LogP contribution in [0.3, 0.4) is 0 Å². The number of carbonyl (C=O) groups is 2. The Balaban J connectivity index is 2.66. The fourth-order valence-electron chi connectivity index (χ4n) is 1.44. The molecule has 0 aromatic heterocycles. The Morgan fingerprint density at radius 2 is 1.92 bits per heavy atom. The first-order valence-corrected chi connectivity index (χ1v) is 4.47. The van der Waals surface area contributed by atoms with Crippen molar-refractivity contribution in [1.29, 1.82) is 0 Å². The first kappa shape index (κ1) is 9.98. The first-order chi connectivity index (χ1) is 6.16. The zero-order valence-corrected chi connectivity index (χ0v) is 7.69. The van der Waals surface area contributed by atoms with Crippen LogP contribution >= 0.6 is 0 Å². The van der Waals surface area contributed by atoms with Crippen LogP contribution in [0.5, 0.6) is 0 Å². The second-order valence-electron chi connectivity index (χ2n) is 3.00. The SMILES string of the molecule is CCC(=O)N(C(=O)O)N1CCCC1. The molecule has 0 unspecified atom stereocenters. The van der Waals surface area contributed by atoms with E-state index in [0.29, 0.717) is 13.1 Å². The minimum atomic E-state index is -1.17. The number of hydrazine groups is 1. The van der Waals surface area contributed by atoms with E-state index in [1.54, 1.807) is 11.9 Å². The highest BCUT2D eigenvalue weighted by Crippen LogP contribution is 2.12. The average Bonchev–Trinajstić information content (AvgIpc) is 2.56. The van der Waals surface area contributed by atoms with E-state index >= 15 is 0 Å². The van der Waals surface area contributed by atoms with Gasteiger partial charge >= 0.3 is 6.09 Å². The van der Waals surface area contributed by atoms with E-state index < -0.39 is 6.09 Å². The van der Waals surface area contributed by atoms with Gasteiger partial charge in [-0.2, -0.15) is 5.01 Å². The molecule has 1 aliphatic rings. The largest absolute Gasteiger partial charge is 0.464 e. The van der Waals surface area contributed by atoms with Gasteiger partial charge in [-0.1, -0.05) is 6.92 Å². The highest BCUT2D eigenvalue weighted by Gasteiger charge is 2.28. The molecule has 0 aliphatic carbocycles. The molecule has 1 saturated heterocycles. The second-order valence-corrected chi connectivity index (χ2v) is 3.00. The molecule has 0 aromatic rings. The molecule has 1 N–H and O–H groups in total. The van der Waals surface area contributed by atoms with Gasteiger partial charge in [-0.3, -0.25) is 4.79 Å². The maximum Gasteiger partial charge on any atom is 0.429 e. The maximum absolute atomic E-state index is 11.2. The minimum absolute atomic E-state index is 0.225. The zero-order chi connectivity index (χ0) is 9.84. The van der Waals surface area contributed by atoms with Crippen LogP contribution in [0.25, 0.3) is 0 Å². The summed E-state index contributed by atoms with van der Waals surface area (Å²) in [6, 6.07) is 0. The Bertz CT molecular complexity index is 211. The molecule has 2 amide bonds. The molecule has 74 valence electrons. The fraction of sp³-hybridized carbons (Fsp3) is 0.750. The van der Waals surface area contributed by atoms with Gasteiger partial charge in [0.05, 0.1) is 0 Å². The number of amides is 2. The third-order valence-electron chi connectivity index (χ3n) is 2.09. The first-order valence-electron chi connectivity index (χ1n) is 4.47. The lowest BCUT2D eigenvalue weighted by Crippen LogP contribution is -2.47. The summed E-state index contributed by atoms with van der Waals surface area (Å²) >= 11 is 0. The average molecular weight is 186 g/mol. The van der Waals surface area contributed by atoms with Crippen molar-refractivity contribution in [1.82, 2.24) is 10.0 Å². The Labute approximate surface area is 76.9 Å². The van der Waals surface area contributed by atoms with Crippen LogP contribution in [-0.4, -0.2) is 40.2 Å². The lowest BCUT2D eigenvalue weighted by Gasteiger charge is -2.26. The third-order valence-corrected chi connectivity index (χ3v) is 2.09. The van der Waals surface area contributed by atoms with Crippen LogP contribution in [0.4, 0.5) is 4.79 Å². The Morgan fingerprint density at radius 3 is 2.31 bits per heavy atom. The molecule has 0 aromatic carbocycles. The predicted molar refractivity (Wildman–Crippen MR) is 46.0 cm³/mol. The van der Waals surface area contributed by atoms with Gasteiger partial charge in [0.1, 0.15) is 0 Å². The van der Waals surface area contributed by atoms with E-state index in [2.05, 4.69) is 0 Å². The highest BCUT2D eigenvalue weighted by atomic mass is 16.4. The quantitative estimate of drug-likeness (QED) is 0.696. The number of imide groups is 1. The predicted octanol–water partition coefficient (Wildman–Crippen LogP) is 0.914. The molecular formula is C8H14N2O3. The number of hydrogen-bond donors (Lipinski definition) is 1. The smallest absolute Gasteiger partial charge is 0.429 e. The van der Waals surface area contributed by atoms with Crippen LogP contribution in [0.2, 0.25) is 0 Å². The summed E-state index contributed by atoms with van der Waals surface area (Å²) in [5.41, 5.74) is 0. The number of hydrogen-bond acceptors (Lipinski definition) is 3. The maximum atomic E-state index is 11.2. The number of nitrogens with zero attached hydrogens (tertiary/aromatic N) is 2. The van der Waals surface area contributed by atoms with Gasteiger partial charge < -0.3 is 5.11 Å². The van der Waals surface area contributed by atoms with Crippen molar-refractivity contribution < 1.29 is 14.7 Å². The van der Waals surface area contributed by atoms with Gasteiger partial charge in [-0.05, 0) is 12.8 Å². The van der Waals surface area contributed by atoms with Crippen LogP contribution in [0.15, 0.2) is 0 Å². The summed E-state index contributed by atoms with van der Waals surface area (Å²) in [5.74, 6) is -0.352. The van der Waals surface area contributed by atoms with Gasteiger partial charge in [-0.15, -0.1) is 0 Å². The fourth-order valence-corrected chi connectivity index (χ4v) is 1.44. The summed E-state index contributed by atoms with van der Waals surface area (Å²) in [6.07, 6.45) is 0.971. The molecule has 0 saturated carbocycles. The van der Waals surface area contributed by atoms with Crippen molar-refractivity contribution in [3.63, 3.8) is 0 Å². The van der Waals surface area contributed by atoms with Crippen molar-refractivity contribution >= 4 is 12.0 Å². The van der Waals surface area contributed by atoms with E-state index in [4.69, 9.17) is 5.11 Å². The standard InChI is InChI=1S/C8H14N2O3/c1-2-7(11)10(8(12)13)9-5-3-4-6-9/h2-6H2,1H3,(H,12,13). The van der Waals surface area contributed by atoms with Crippen LogP contribution in [-0.2, 0) is 4.79 Å². The van der Waals surface area contributed by atoms with Gasteiger partial charge in [0.15, 0.2) is 0 Å². The van der Waals surface area contributed by atoms with Crippen molar-refractivity contribution in [2.24, 2.45) is 0 Å². The Kier molecular flexibility index (Phi) is 3.25. The number of carbonyl (C=O) groups excluding carboxylic acids is 1. The monoisotopic (exact) mass is 186 g/mol. The Morgan fingerprint density at radius 1 is 1.38 bits per heavy atom. The normalized spacial score (nSPS) is 17.3. The molecule has 0 spiro atoms.